The molecule has 0 spiro atoms. The van der Waals surface area contributed by atoms with Gasteiger partial charge in [0.15, 0.2) is 5.58 Å². The molecule has 0 saturated carbocycles. The molecule has 2 rings (SSSR count). The summed E-state index contributed by atoms with van der Waals surface area (Å²) in [5.74, 6) is 0. The number of likely N-dealkylation sites (N-methyl/N-ethyl adjacent to an activating group) is 1. The van der Waals surface area contributed by atoms with E-state index in [0.717, 1.165) is 17.6 Å². The van der Waals surface area contributed by atoms with Crippen LogP contribution < -0.4 is 11.1 Å². The van der Waals surface area contributed by atoms with Crippen LogP contribution in [0.5, 0.6) is 0 Å². The summed E-state index contributed by atoms with van der Waals surface area (Å²) in [6, 6.07) is 5.98. The van der Waals surface area contributed by atoms with Crippen molar-refractivity contribution in [2.24, 2.45) is 0 Å². The molecule has 0 fully saturated rings. The summed E-state index contributed by atoms with van der Waals surface area (Å²) in [4.78, 5) is 6.51. The van der Waals surface area contributed by atoms with Crippen LogP contribution in [-0.4, -0.2) is 36.1 Å². The molecule has 0 unspecified atom stereocenters. The van der Waals surface area contributed by atoms with Crippen LogP contribution in [0.15, 0.2) is 22.6 Å². The summed E-state index contributed by atoms with van der Waals surface area (Å²) in [6.45, 7) is 5.06. The second kappa shape index (κ2) is 4.49. The molecule has 0 amide bonds. The molecule has 0 aliphatic rings. The number of nitrogens with one attached hydrogen (secondary N) is 1. The summed E-state index contributed by atoms with van der Waals surface area (Å²) in [7, 11) is 4.10. The maximum Gasteiger partial charge on any atom is 0.295 e. The normalized spacial score (nSPS) is 12.3. The number of nitrogen functional groups attached to an aromatic ring is 1. The van der Waals surface area contributed by atoms with E-state index in [1.165, 1.54) is 0 Å². The van der Waals surface area contributed by atoms with Gasteiger partial charge in [0.25, 0.3) is 6.01 Å². The zero-order chi connectivity index (χ0) is 13.3. The molecule has 0 aliphatic heterocycles. The van der Waals surface area contributed by atoms with E-state index in [1.807, 2.05) is 6.07 Å². The van der Waals surface area contributed by atoms with E-state index in [9.17, 15) is 0 Å². The van der Waals surface area contributed by atoms with E-state index in [4.69, 9.17) is 10.2 Å². The Hall–Kier alpha value is -1.75. The standard InChI is InChI=1S/C13H20N4O/c1-13(2,17(3)4)8-15-12-16-10-7-9(14)5-6-11(10)18-12/h5-7H,8,14H2,1-4H3,(H,15,16). The van der Waals surface area contributed by atoms with E-state index in [0.29, 0.717) is 11.7 Å². The van der Waals surface area contributed by atoms with Gasteiger partial charge in [-0.15, -0.1) is 0 Å². The largest absolute Gasteiger partial charge is 0.424 e. The minimum absolute atomic E-state index is 0.0275. The first kappa shape index (κ1) is 12.7. The molecule has 0 bridgehead atoms. The molecule has 1 aromatic heterocycles. The van der Waals surface area contributed by atoms with Crippen molar-refractivity contribution in [2.75, 3.05) is 31.7 Å². The average molecular weight is 248 g/mol. The van der Waals surface area contributed by atoms with Crippen LogP contribution in [0.2, 0.25) is 0 Å². The van der Waals surface area contributed by atoms with Gasteiger partial charge in [-0.2, -0.15) is 4.98 Å². The van der Waals surface area contributed by atoms with Crippen molar-refractivity contribution >= 4 is 22.8 Å². The lowest BCUT2D eigenvalue weighted by Crippen LogP contribution is -2.44. The fourth-order valence-electron chi connectivity index (χ4n) is 1.47. The summed E-state index contributed by atoms with van der Waals surface area (Å²) in [5.41, 5.74) is 7.95. The number of anilines is 2. The molecule has 0 saturated heterocycles. The van der Waals surface area contributed by atoms with Crippen LogP contribution in [0.3, 0.4) is 0 Å². The van der Waals surface area contributed by atoms with Crippen molar-refractivity contribution in [3.05, 3.63) is 18.2 Å². The zero-order valence-electron chi connectivity index (χ0n) is 11.3. The Morgan fingerprint density at radius 3 is 2.78 bits per heavy atom. The molecule has 2 aromatic rings. The fourth-order valence-corrected chi connectivity index (χ4v) is 1.47. The van der Waals surface area contributed by atoms with Gasteiger partial charge in [0, 0.05) is 17.8 Å². The predicted octanol–water partition coefficient (Wildman–Crippen LogP) is 2.16. The van der Waals surface area contributed by atoms with Gasteiger partial charge in [0.1, 0.15) is 5.52 Å². The van der Waals surface area contributed by atoms with Crippen molar-refractivity contribution in [3.8, 4) is 0 Å². The van der Waals surface area contributed by atoms with Gasteiger partial charge in [0.2, 0.25) is 0 Å². The number of fused-ring (bicyclic) bond motifs is 1. The van der Waals surface area contributed by atoms with Crippen LogP contribution in [-0.2, 0) is 0 Å². The number of rotatable bonds is 4. The molecule has 98 valence electrons. The molecular weight excluding hydrogens is 228 g/mol. The maximum atomic E-state index is 5.71. The Balaban J connectivity index is 2.13. The van der Waals surface area contributed by atoms with Crippen molar-refractivity contribution in [3.63, 3.8) is 0 Å². The number of hydrogen-bond donors (Lipinski definition) is 2. The Bertz CT molecular complexity index is 545. The highest BCUT2D eigenvalue weighted by Gasteiger charge is 2.20. The van der Waals surface area contributed by atoms with E-state index in [-0.39, 0.29) is 5.54 Å². The molecule has 5 nitrogen and oxygen atoms in total. The monoisotopic (exact) mass is 248 g/mol. The van der Waals surface area contributed by atoms with Crippen LogP contribution in [0, 0.1) is 0 Å². The summed E-state index contributed by atoms with van der Waals surface area (Å²) in [5, 5.41) is 3.21. The second-order valence-corrected chi connectivity index (χ2v) is 5.31. The van der Waals surface area contributed by atoms with E-state index in [1.54, 1.807) is 12.1 Å². The van der Waals surface area contributed by atoms with Gasteiger partial charge in [0.05, 0.1) is 0 Å². The van der Waals surface area contributed by atoms with Crippen molar-refractivity contribution in [1.29, 1.82) is 0 Å². The zero-order valence-corrected chi connectivity index (χ0v) is 11.3. The minimum Gasteiger partial charge on any atom is -0.424 e. The second-order valence-electron chi connectivity index (χ2n) is 5.31. The first-order chi connectivity index (χ1) is 8.38. The number of nitrogens with zero attached hydrogens (tertiary/aromatic N) is 2. The van der Waals surface area contributed by atoms with Crippen molar-refractivity contribution in [2.45, 2.75) is 19.4 Å². The molecule has 1 heterocycles. The highest BCUT2D eigenvalue weighted by atomic mass is 16.4. The van der Waals surface area contributed by atoms with Gasteiger partial charge >= 0.3 is 0 Å². The fraction of sp³-hybridized carbons (Fsp3) is 0.462. The number of nitrogens with two attached hydrogens (primary N) is 1. The Kier molecular flexibility index (Phi) is 3.17. The highest BCUT2D eigenvalue weighted by Crippen LogP contribution is 2.21. The van der Waals surface area contributed by atoms with E-state index < -0.39 is 0 Å². The van der Waals surface area contributed by atoms with Crippen LogP contribution in [0.4, 0.5) is 11.7 Å². The van der Waals surface area contributed by atoms with E-state index in [2.05, 4.69) is 43.1 Å². The molecular formula is C13H20N4O. The number of benzene rings is 1. The summed E-state index contributed by atoms with van der Waals surface area (Å²) in [6.07, 6.45) is 0. The number of aromatic nitrogens is 1. The number of hydrogen-bond acceptors (Lipinski definition) is 5. The van der Waals surface area contributed by atoms with Crippen LogP contribution in [0.1, 0.15) is 13.8 Å². The average Bonchev–Trinajstić information content (AvgIpc) is 2.68. The lowest BCUT2D eigenvalue weighted by Gasteiger charge is -2.32. The molecule has 5 heteroatoms. The van der Waals surface area contributed by atoms with Crippen molar-refractivity contribution < 1.29 is 4.42 Å². The Labute approximate surface area is 107 Å². The third-order valence-electron chi connectivity index (χ3n) is 3.29. The summed E-state index contributed by atoms with van der Waals surface area (Å²) < 4.78 is 5.60. The van der Waals surface area contributed by atoms with Crippen LogP contribution in [0.25, 0.3) is 11.1 Å². The maximum absolute atomic E-state index is 5.71. The Morgan fingerprint density at radius 1 is 1.39 bits per heavy atom. The van der Waals surface area contributed by atoms with Crippen molar-refractivity contribution in [1.82, 2.24) is 9.88 Å². The van der Waals surface area contributed by atoms with E-state index >= 15 is 0 Å². The molecule has 0 atom stereocenters. The smallest absolute Gasteiger partial charge is 0.295 e. The quantitative estimate of drug-likeness (QED) is 0.812. The lowest BCUT2D eigenvalue weighted by atomic mass is 10.1. The predicted molar refractivity (Wildman–Crippen MR) is 74.7 cm³/mol. The summed E-state index contributed by atoms with van der Waals surface area (Å²) >= 11 is 0. The molecule has 1 aromatic carbocycles. The minimum atomic E-state index is 0.0275. The lowest BCUT2D eigenvalue weighted by molar-refractivity contribution is 0.209. The molecule has 0 radical (unpaired) electrons. The van der Waals surface area contributed by atoms with Gasteiger partial charge < -0.3 is 20.4 Å². The molecule has 0 aliphatic carbocycles. The third-order valence-corrected chi connectivity index (χ3v) is 3.29. The number of oxazole rings is 1. The molecule has 18 heavy (non-hydrogen) atoms. The van der Waals surface area contributed by atoms with Gasteiger partial charge in [-0.3, -0.25) is 0 Å². The highest BCUT2D eigenvalue weighted by molar-refractivity contribution is 5.78. The first-order valence-corrected chi connectivity index (χ1v) is 5.96. The van der Waals surface area contributed by atoms with Gasteiger partial charge in [-0.25, -0.2) is 0 Å². The SMILES string of the molecule is CN(C)C(C)(C)CNc1nc2cc(N)ccc2o1. The van der Waals surface area contributed by atoms with Crippen LogP contribution >= 0.6 is 0 Å². The molecule has 3 N–H and O–H groups in total. The first-order valence-electron chi connectivity index (χ1n) is 5.96. The van der Waals surface area contributed by atoms with Gasteiger partial charge in [-0.05, 0) is 46.1 Å². The topological polar surface area (TPSA) is 67.3 Å². The Morgan fingerprint density at radius 2 is 2.11 bits per heavy atom. The van der Waals surface area contributed by atoms with Gasteiger partial charge in [-0.1, -0.05) is 0 Å². The third kappa shape index (κ3) is 2.56.